The molecule has 0 aromatic carbocycles. The first kappa shape index (κ1) is 11.5. The number of esters is 1. The molecule has 0 spiro atoms. The monoisotopic (exact) mass is 198 g/mol. The Kier molecular flexibility index (Phi) is 3.23. The molecule has 1 rings (SSSR count). The molecular weight excluding hydrogens is 176 g/mol. The van der Waals surface area contributed by atoms with Crippen LogP contribution < -0.4 is 0 Å². The van der Waals surface area contributed by atoms with Crippen LogP contribution in [0.2, 0.25) is 0 Å². The minimum Gasteiger partial charge on any atom is -0.466 e. The van der Waals surface area contributed by atoms with Crippen LogP contribution in [0.4, 0.5) is 0 Å². The van der Waals surface area contributed by atoms with Gasteiger partial charge in [0, 0.05) is 6.92 Å². The third kappa shape index (κ3) is 2.28. The summed E-state index contributed by atoms with van der Waals surface area (Å²) in [5.41, 5.74) is 0.393. The fourth-order valence-electron chi connectivity index (χ4n) is 2.60. The highest BCUT2D eigenvalue weighted by Gasteiger charge is 2.43. The van der Waals surface area contributed by atoms with Gasteiger partial charge in [-0.15, -0.1) is 0 Å². The molecule has 0 unspecified atom stereocenters. The van der Waals surface area contributed by atoms with Crippen LogP contribution in [-0.2, 0) is 9.53 Å². The van der Waals surface area contributed by atoms with Crippen molar-refractivity contribution in [2.75, 3.05) is 6.61 Å². The van der Waals surface area contributed by atoms with Gasteiger partial charge in [0.05, 0.1) is 6.61 Å². The number of rotatable bonds is 2. The average molecular weight is 198 g/mol. The molecule has 1 aliphatic carbocycles. The third-order valence-corrected chi connectivity index (χ3v) is 4.05. The van der Waals surface area contributed by atoms with E-state index in [9.17, 15) is 4.79 Å². The molecule has 0 amide bonds. The van der Waals surface area contributed by atoms with Crippen molar-refractivity contribution in [1.29, 1.82) is 0 Å². The van der Waals surface area contributed by atoms with E-state index in [1.54, 1.807) is 0 Å². The van der Waals surface area contributed by atoms with Gasteiger partial charge in [-0.2, -0.15) is 0 Å². The van der Waals surface area contributed by atoms with Gasteiger partial charge in [0.2, 0.25) is 0 Å². The molecule has 82 valence electrons. The summed E-state index contributed by atoms with van der Waals surface area (Å²) in [4.78, 5) is 10.7. The quantitative estimate of drug-likeness (QED) is 0.638. The maximum absolute atomic E-state index is 10.7. The molecule has 0 aromatic rings. The van der Waals surface area contributed by atoms with Crippen LogP contribution in [0.25, 0.3) is 0 Å². The van der Waals surface area contributed by atoms with E-state index >= 15 is 0 Å². The standard InChI is InChI=1S/C12H22O2/c1-8-9(2)12(4,5)6-11(8)7-14-10(3)13/h8-9,11H,6-7H2,1-5H3/t8-,9+,11+/m1/s1. The first-order valence-electron chi connectivity index (χ1n) is 5.48. The number of ether oxygens (including phenoxy) is 1. The van der Waals surface area contributed by atoms with Crippen molar-refractivity contribution < 1.29 is 9.53 Å². The maximum atomic E-state index is 10.7. The van der Waals surface area contributed by atoms with Gasteiger partial charge in [-0.3, -0.25) is 4.79 Å². The lowest BCUT2D eigenvalue weighted by atomic mass is 9.81. The van der Waals surface area contributed by atoms with Crippen LogP contribution in [0, 0.1) is 23.2 Å². The molecule has 0 aliphatic heterocycles. The molecule has 1 fully saturated rings. The highest BCUT2D eigenvalue weighted by atomic mass is 16.5. The summed E-state index contributed by atoms with van der Waals surface area (Å²) in [6.45, 7) is 11.3. The first-order valence-corrected chi connectivity index (χ1v) is 5.48. The van der Waals surface area contributed by atoms with Gasteiger partial charge < -0.3 is 4.74 Å². The highest BCUT2D eigenvalue weighted by molar-refractivity contribution is 5.65. The van der Waals surface area contributed by atoms with Crippen molar-refractivity contribution in [1.82, 2.24) is 0 Å². The van der Waals surface area contributed by atoms with Crippen LogP contribution in [0.5, 0.6) is 0 Å². The lowest BCUT2D eigenvalue weighted by molar-refractivity contribution is -0.142. The van der Waals surface area contributed by atoms with Crippen molar-refractivity contribution in [2.24, 2.45) is 23.2 Å². The van der Waals surface area contributed by atoms with Crippen LogP contribution in [-0.4, -0.2) is 12.6 Å². The Bertz CT molecular complexity index is 220. The molecular formula is C12H22O2. The van der Waals surface area contributed by atoms with Crippen LogP contribution in [0.1, 0.15) is 41.0 Å². The Hall–Kier alpha value is -0.530. The second kappa shape index (κ2) is 3.92. The second-order valence-electron chi connectivity index (χ2n) is 5.40. The predicted octanol–water partition coefficient (Wildman–Crippen LogP) is 2.87. The van der Waals surface area contributed by atoms with Crippen molar-refractivity contribution in [3.8, 4) is 0 Å². The Morgan fingerprint density at radius 3 is 2.36 bits per heavy atom. The Balaban J connectivity index is 2.53. The van der Waals surface area contributed by atoms with Gasteiger partial charge in [-0.1, -0.05) is 27.7 Å². The van der Waals surface area contributed by atoms with Crippen molar-refractivity contribution >= 4 is 5.97 Å². The van der Waals surface area contributed by atoms with Gasteiger partial charge in [-0.25, -0.2) is 0 Å². The predicted molar refractivity (Wildman–Crippen MR) is 56.8 cm³/mol. The zero-order valence-corrected chi connectivity index (χ0v) is 9.96. The summed E-state index contributed by atoms with van der Waals surface area (Å²) >= 11 is 0. The maximum Gasteiger partial charge on any atom is 0.302 e. The minimum absolute atomic E-state index is 0.158. The fourth-order valence-corrected chi connectivity index (χ4v) is 2.60. The van der Waals surface area contributed by atoms with Gasteiger partial charge >= 0.3 is 5.97 Å². The lowest BCUT2D eigenvalue weighted by Gasteiger charge is -2.25. The lowest BCUT2D eigenvalue weighted by Crippen LogP contribution is -2.18. The summed E-state index contributed by atoms with van der Waals surface area (Å²) < 4.78 is 5.10. The molecule has 0 aromatic heterocycles. The Labute approximate surface area is 87.0 Å². The van der Waals surface area contributed by atoms with E-state index in [4.69, 9.17) is 4.74 Å². The number of hydrogen-bond donors (Lipinski definition) is 0. The minimum atomic E-state index is -0.158. The molecule has 0 heterocycles. The molecule has 14 heavy (non-hydrogen) atoms. The summed E-state index contributed by atoms with van der Waals surface area (Å²) in [6.07, 6.45) is 1.17. The average Bonchev–Trinajstić information content (AvgIpc) is 2.26. The van der Waals surface area contributed by atoms with Crippen molar-refractivity contribution in [2.45, 2.75) is 41.0 Å². The van der Waals surface area contributed by atoms with E-state index in [1.165, 1.54) is 13.3 Å². The molecule has 0 N–H and O–H groups in total. The molecule has 1 aliphatic rings. The summed E-state index contributed by atoms with van der Waals surface area (Å²) in [5, 5.41) is 0. The van der Waals surface area contributed by atoms with E-state index in [-0.39, 0.29) is 5.97 Å². The fraction of sp³-hybridized carbons (Fsp3) is 0.917. The second-order valence-corrected chi connectivity index (χ2v) is 5.40. The van der Waals surface area contributed by atoms with E-state index in [0.717, 1.165) is 0 Å². The highest BCUT2D eigenvalue weighted by Crippen LogP contribution is 2.49. The van der Waals surface area contributed by atoms with Crippen molar-refractivity contribution in [3.05, 3.63) is 0 Å². The third-order valence-electron chi connectivity index (χ3n) is 4.05. The molecule has 2 heteroatoms. The number of hydrogen-bond acceptors (Lipinski definition) is 2. The first-order chi connectivity index (χ1) is 6.34. The SMILES string of the molecule is CC(=O)OC[C@@H]1CC(C)(C)[C@@H](C)[C@H]1C. The van der Waals surface area contributed by atoms with E-state index < -0.39 is 0 Å². The number of carbonyl (C=O) groups excluding carboxylic acids is 1. The van der Waals surface area contributed by atoms with Crippen LogP contribution in [0.3, 0.4) is 0 Å². The van der Waals surface area contributed by atoms with E-state index in [2.05, 4.69) is 27.7 Å². The van der Waals surface area contributed by atoms with Crippen LogP contribution in [0.15, 0.2) is 0 Å². The number of carbonyl (C=O) groups is 1. The van der Waals surface area contributed by atoms with Crippen LogP contribution >= 0.6 is 0 Å². The zero-order chi connectivity index (χ0) is 10.9. The zero-order valence-electron chi connectivity index (χ0n) is 9.96. The summed E-state index contributed by atoms with van der Waals surface area (Å²) in [6, 6.07) is 0. The van der Waals surface area contributed by atoms with Gasteiger partial charge in [0.15, 0.2) is 0 Å². The van der Waals surface area contributed by atoms with Crippen molar-refractivity contribution in [3.63, 3.8) is 0 Å². The molecule has 0 bridgehead atoms. The van der Waals surface area contributed by atoms with Gasteiger partial charge in [0.1, 0.15) is 0 Å². The summed E-state index contributed by atoms with van der Waals surface area (Å²) in [5.74, 6) is 1.76. The van der Waals surface area contributed by atoms with Gasteiger partial charge in [-0.05, 0) is 29.6 Å². The Morgan fingerprint density at radius 2 is 2.00 bits per heavy atom. The normalized spacial score (nSPS) is 35.6. The largest absolute Gasteiger partial charge is 0.466 e. The Morgan fingerprint density at radius 1 is 1.43 bits per heavy atom. The molecule has 0 radical (unpaired) electrons. The van der Waals surface area contributed by atoms with E-state index in [0.29, 0.717) is 29.8 Å². The molecule has 0 saturated heterocycles. The molecule has 3 atom stereocenters. The van der Waals surface area contributed by atoms with Gasteiger partial charge in [0.25, 0.3) is 0 Å². The molecule has 1 saturated carbocycles. The topological polar surface area (TPSA) is 26.3 Å². The van der Waals surface area contributed by atoms with E-state index in [1.807, 2.05) is 0 Å². The molecule has 2 nitrogen and oxygen atoms in total. The summed E-state index contributed by atoms with van der Waals surface area (Å²) in [7, 11) is 0. The smallest absolute Gasteiger partial charge is 0.302 e.